The van der Waals surface area contributed by atoms with E-state index in [9.17, 15) is 18.0 Å². The normalized spacial score (nSPS) is 11.5. The highest BCUT2D eigenvalue weighted by atomic mass is 19.4. The number of nitrogens with zero attached hydrogens (tertiary/aromatic N) is 2. The molecule has 0 fully saturated rings. The maximum atomic E-state index is 12.8. The van der Waals surface area contributed by atoms with Crippen LogP contribution in [-0.2, 0) is 6.18 Å². The fraction of sp³-hybridized carbons (Fsp3) is 0.100. The summed E-state index contributed by atoms with van der Waals surface area (Å²) in [5, 5.41) is 3.34. The number of rotatable bonds is 2. The lowest BCUT2D eigenvalue weighted by molar-refractivity contribution is -0.137. The van der Waals surface area contributed by atoms with Gasteiger partial charge in [-0.15, -0.1) is 0 Å². The summed E-state index contributed by atoms with van der Waals surface area (Å²) < 4.78 is 42.7. The van der Waals surface area contributed by atoms with Crippen LogP contribution < -0.4 is 0 Å². The molecule has 7 heteroatoms. The van der Waals surface area contributed by atoms with Gasteiger partial charge >= 0.3 is 6.18 Å². The molecular formula is C10H5F3N2O2. The zero-order chi connectivity index (χ0) is 12.5. The minimum absolute atomic E-state index is 0.0652. The van der Waals surface area contributed by atoms with Crippen molar-refractivity contribution in [3.63, 3.8) is 0 Å². The average Bonchev–Trinajstić information content (AvgIpc) is 2.80. The topological polar surface area (TPSA) is 56.0 Å². The average molecular weight is 242 g/mol. The van der Waals surface area contributed by atoms with Crippen molar-refractivity contribution >= 4 is 6.29 Å². The maximum Gasteiger partial charge on any atom is 0.417 e. The molecule has 1 aromatic carbocycles. The Labute approximate surface area is 93.1 Å². The lowest BCUT2D eigenvalue weighted by Gasteiger charge is -2.10. The van der Waals surface area contributed by atoms with Crippen LogP contribution >= 0.6 is 0 Å². The number of hydrogen-bond acceptors (Lipinski definition) is 4. The third-order valence-electron chi connectivity index (χ3n) is 2.09. The Balaban J connectivity index is 2.63. The molecule has 0 bridgehead atoms. The van der Waals surface area contributed by atoms with Gasteiger partial charge in [-0.1, -0.05) is 11.2 Å². The molecule has 0 saturated heterocycles. The summed E-state index contributed by atoms with van der Waals surface area (Å²) in [7, 11) is 0. The monoisotopic (exact) mass is 242 g/mol. The standard InChI is InChI=1S/C10H5F3N2O2/c11-10(12,13)8-3-6(4-16)1-2-7(8)9-14-5-17-15-9/h1-5H. The molecule has 2 rings (SSSR count). The number of carbonyl (C=O) groups is 1. The van der Waals surface area contributed by atoms with E-state index in [1.807, 2.05) is 0 Å². The third-order valence-corrected chi connectivity index (χ3v) is 2.09. The molecule has 0 aliphatic carbocycles. The number of carbonyl (C=O) groups excluding carboxylic acids is 1. The highest BCUT2D eigenvalue weighted by Crippen LogP contribution is 2.36. The Morgan fingerprint density at radius 3 is 2.59 bits per heavy atom. The molecule has 0 N–H and O–H groups in total. The first-order valence-electron chi connectivity index (χ1n) is 4.45. The Hall–Kier alpha value is -2.18. The molecule has 2 aromatic rings. The van der Waals surface area contributed by atoms with Gasteiger partial charge in [-0.25, -0.2) is 0 Å². The lowest BCUT2D eigenvalue weighted by atomic mass is 10.0. The maximum absolute atomic E-state index is 12.8. The summed E-state index contributed by atoms with van der Waals surface area (Å²) in [5.74, 6) is -0.172. The van der Waals surface area contributed by atoms with Crippen LogP contribution in [0.3, 0.4) is 0 Å². The first-order chi connectivity index (χ1) is 8.02. The minimum Gasteiger partial charge on any atom is -0.342 e. The van der Waals surface area contributed by atoms with E-state index in [0.717, 1.165) is 18.5 Å². The van der Waals surface area contributed by atoms with Crippen LogP contribution in [-0.4, -0.2) is 16.4 Å². The predicted molar refractivity (Wildman–Crippen MR) is 50.1 cm³/mol. The zero-order valence-corrected chi connectivity index (χ0v) is 8.23. The fourth-order valence-corrected chi connectivity index (χ4v) is 1.35. The molecule has 0 radical (unpaired) electrons. The van der Waals surface area contributed by atoms with E-state index in [1.54, 1.807) is 0 Å². The molecule has 1 aromatic heterocycles. The van der Waals surface area contributed by atoms with Crippen molar-refractivity contribution in [2.75, 3.05) is 0 Å². The van der Waals surface area contributed by atoms with Crippen LogP contribution in [0.2, 0.25) is 0 Å². The molecule has 0 spiro atoms. The molecule has 0 aliphatic rings. The van der Waals surface area contributed by atoms with Gasteiger partial charge in [-0.3, -0.25) is 4.79 Å². The molecule has 0 amide bonds. The molecule has 1 heterocycles. The van der Waals surface area contributed by atoms with Crippen molar-refractivity contribution in [2.24, 2.45) is 0 Å². The van der Waals surface area contributed by atoms with Crippen molar-refractivity contribution in [2.45, 2.75) is 6.18 Å². The van der Waals surface area contributed by atoms with Crippen LogP contribution in [0, 0.1) is 0 Å². The van der Waals surface area contributed by atoms with Crippen LogP contribution in [0.4, 0.5) is 13.2 Å². The van der Waals surface area contributed by atoms with Gasteiger partial charge in [-0.2, -0.15) is 18.2 Å². The van der Waals surface area contributed by atoms with Crippen molar-refractivity contribution in [1.82, 2.24) is 10.1 Å². The molecule has 4 nitrogen and oxygen atoms in total. The van der Waals surface area contributed by atoms with Crippen molar-refractivity contribution in [1.29, 1.82) is 0 Å². The van der Waals surface area contributed by atoms with Crippen LogP contribution in [0.1, 0.15) is 15.9 Å². The molecule has 88 valence electrons. The van der Waals surface area contributed by atoms with Gasteiger partial charge in [0.05, 0.1) is 5.56 Å². The third kappa shape index (κ3) is 2.17. The number of alkyl halides is 3. The summed E-state index contributed by atoms with van der Waals surface area (Å²) in [6, 6.07) is 3.14. The van der Waals surface area contributed by atoms with Crippen LogP contribution in [0.25, 0.3) is 11.4 Å². The first kappa shape index (κ1) is 11.3. The van der Waals surface area contributed by atoms with Gasteiger partial charge in [0.25, 0.3) is 0 Å². The summed E-state index contributed by atoms with van der Waals surface area (Å²) in [4.78, 5) is 14.0. The van der Waals surface area contributed by atoms with E-state index >= 15 is 0 Å². The summed E-state index contributed by atoms with van der Waals surface area (Å²) in [6.45, 7) is 0. The molecule has 0 atom stereocenters. The zero-order valence-electron chi connectivity index (χ0n) is 8.23. The number of halogens is 3. The van der Waals surface area contributed by atoms with E-state index in [0.29, 0.717) is 6.29 Å². The predicted octanol–water partition coefficient (Wildman–Crippen LogP) is 2.57. The van der Waals surface area contributed by atoms with Gasteiger partial charge < -0.3 is 4.52 Å². The smallest absolute Gasteiger partial charge is 0.342 e. The second-order valence-electron chi connectivity index (χ2n) is 3.18. The first-order valence-corrected chi connectivity index (χ1v) is 4.45. The molecule has 0 unspecified atom stereocenters. The summed E-state index contributed by atoms with van der Waals surface area (Å²) in [5.41, 5.74) is -1.26. The fourth-order valence-electron chi connectivity index (χ4n) is 1.35. The van der Waals surface area contributed by atoms with Gasteiger partial charge in [0, 0.05) is 11.1 Å². The molecule has 0 aliphatic heterocycles. The van der Waals surface area contributed by atoms with Crippen LogP contribution in [0.5, 0.6) is 0 Å². The number of benzene rings is 1. The van der Waals surface area contributed by atoms with Crippen LogP contribution in [0.15, 0.2) is 29.1 Å². The van der Waals surface area contributed by atoms with Crippen molar-refractivity contribution in [3.8, 4) is 11.4 Å². The Bertz CT molecular complexity index is 535. The van der Waals surface area contributed by atoms with E-state index in [-0.39, 0.29) is 17.0 Å². The van der Waals surface area contributed by atoms with E-state index < -0.39 is 11.7 Å². The quantitative estimate of drug-likeness (QED) is 0.759. The Morgan fingerprint density at radius 1 is 1.29 bits per heavy atom. The number of aromatic nitrogens is 2. The highest BCUT2D eigenvalue weighted by molar-refractivity contribution is 5.77. The van der Waals surface area contributed by atoms with Crippen molar-refractivity contribution in [3.05, 3.63) is 35.7 Å². The molecular weight excluding hydrogens is 237 g/mol. The molecule has 0 saturated carbocycles. The van der Waals surface area contributed by atoms with Gasteiger partial charge in [-0.05, 0) is 12.1 Å². The Kier molecular flexibility index (Phi) is 2.66. The largest absolute Gasteiger partial charge is 0.417 e. The summed E-state index contributed by atoms with van der Waals surface area (Å²) in [6.07, 6.45) is -3.31. The summed E-state index contributed by atoms with van der Waals surface area (Å²) >= 11 is 0. The van der Waals surface area contributed by atoms with E-state index in [2.05, 4.69) is 14.7 Å². The number of aldehydes is 1. The second-order valence-corrected chi connectivity index (χ2v) is 3.18. The van der Waals surface area contributed by atoms with E-state index in [1.165, 1.54) is 6.07 Å². The SMILES string of the molecule is O=Cc1ccc(-c2ncon2)c(C(F)(F)F)c1. The second kappa shape index (κ2) is 4.00. The van der Waals surface area contributed by atoms with Gasteiger partial charge in [0.1, 0.15) is 6.29 Å². The minimum atomic E-state index is -4.59. The highest BCUT2D eigenvalue weighted by Gasteiger charge is 2.34. The lowest BCUT2D eigenvalue weighted by Crippen LogP contribution is -2.08. The van der Waals surface area contributed by atoms with Crippen molar-refractivity contribution < 1.29 is 22.5 Å². The number of hydrogen-bond donors (Lipinski definition) is 0. The van der Waals surface area contributed by atoms with Gasteiger partial charge in [0.15, 0.2) is 0 Å². The van der Waals surface area contributed by atoms with E-state index in [4.69, 9.17) is 0 Å². The van der Waals surface area contributed by atoms with Gasteiger partial charge in [0.2, 0.25) is 12.2 Å². The molecule has 17 heavy (non-hydrogen) atoms. The Morgan fingerprint density at radius 2 is 2.06 bits per heavy atom.